The maximum Gasteiger partial charge on any atom is 0.148 e. The number of ether oxygens (including phenoxy) is 2. The highest BCUT2D eigenvalue weighted by Gasteiger charge is 2.18. The normalized spacial score (nSPS) is 16.6. The quantitative estimate of drug-likeness (QED) is 0.824. The SMILES string of the molecule is CCNCc1cc(Br)c(OC2CCOCC2)c(Br)c1. The summed E-state index contributed by atoms with van der Waals surface area (Å²) in [4.78, 5) is 0. The van der Waals surface area contributed by atoms with Crippen molar-refractivity contribution in [2.24, 2.45) is 0 Å². The second-order valence-electron chi connectivity index (χ2n) is 4.60. The topological polar surface area (TPSA) is 30.5 Å². The Labute approximate surface area is 131 Å². The van der Waals surface area contributed by atoms with Crippen LogP contribution in [0.4, 0.5) is 0 Å². The van der Waals surface area contributed by atoms with E-state index < -0.39 is 0 Å². The van der Waals surface area contributed by atoms with Gasteiger partial charge in [-0.15, -0.1) is 0 Å². The van der Waals surface area contributed by atoms with Gasteiger partial charge in [0.05, 0.1) is 22.2 Å². The Hall–Kier alpha value is -0.100. The third kappa shape index (κ3) is 4.45. The van der Waals surface area contributed by atoms with E-state index in [1.807, 2.05) is 0 Å². The first kappa shape index (κ1) is 15.3. The summed E-state index contributed by atoms with van der Waals surface area (Å²) in [6.45, 7) is 5.52. The van der Waals surface area contributed by atoms with Crippen molar-refractivity contribution in [2.75, 3.05) is 19.8 Å². The summed E-state index contributed by atoms with van der Waals surface area (Å²) in [7, 11) is 0. The zero-order valence-electron chi connectivity index (χ0n) is 11.0. The van der Waals surface area contributed by atoms with E-state index in [1.165, 1.54) is 5.56 Å². The van der Waals surface area contributed by atoms with Crippen LogP contribution in [0.25, 0.3) is 0 Å². The summed E-state index contributed by atoms with van der Waals surface area (Å²) in [5.41, 5.74) is 1.24. The van der Waals surface area contributed by atoms with Crippen molar-refractivity contribution in [2.45, 2.75) is 32.4 Å². The molecule has 0 radical (unpaired) electrons. The van der Waals surface area contributed by atoms with Crippen molar-refractivity contribution in [3.63, 3.8) is 0 Å². The zero-order chi connectivity index (χ0) is 13.7. The van der Waals surface area contributed by atoms with Gasteiger partial charge in [-0.1, -0.05) is 6.92 Å². The molecule has 1 saturated heterocycles. The summed E-state index contributed by atoms with van der Waals surface area (Å²) >= 11 is 7.21. The van der Waals surface area contributed by atoms with E-state index in [2.05, 4.69) is 56.2 Å². The lowest BCUT2D eigenvalue weighted by molar-refractivity contribution is 0.0249. The Bertz CT molecular complexity index is 397. The largest absolute Gasteiger partial charge is 0.488 e. The fourth-order valence-corrected chi connectivity index (χ4v) is 3.53. The maximum absolute atomic E-state index is 6.08. The summed E-state index contributed by atoms with van der Waals surface area (Å²) in [6, 6.07) is 4.23. The predicted octanol–water partition coefficient (Wildman–Crippen LogP) is 3.88. The van der Waals surface area contributed by atoms with Crippen LogP contribution in [0.15, 0.2) is 21.1 Å². The molecule has 0 amide bonds. The highest BCUT2D eigenvalue weighted by molar-refractivity contribution is 9.11. The van der Waals surface area contributed by atoms with E-state index in [1.54, 1.807) is 0 Å². The van der Waals surface area contributed by atoms with Crippen molar-refractivity contribution < 1.29 is 9.47 Å². The summed E-state index contributed by atoms with van der Waals surface area (Å²) in [6.07, 6.45) is 2.16. The molecule has 0 saturated carbocycles. The molecule has 5 heteroatoms. The number of hydrogen-bond donors (Lipinski definition) is 1. The Balaban J connectivity index is 2.07. The highest BCUT2D eigenvalue weighted by Crippen LogP contribution is 2.36. The molecule has 0 spiro atoms. The molecule has 1 fully saturated rings. The van der Waals surface area contributed by atoms with Crippen LogP contribution >= 0.6 is 31.9 Å². The van der Waals surface area contributed by atoms with E-state index in [0.29, 0.717) is 0 Å². The third-order valence-corrected chi connectivity index (χ3v) is 4.27. The lowest BCUT2D eigenvalue weighted by Gasteiger charge is -2.24. The Morgan fingerprint density at radius 2 is 1.89 bits per heavy atom. The Kier molecular flexibility index (Phi) is 6.13. The van der Waals surface area contributed by atoms with E-state index in [4.69, 9.17) is 9.47 Å². The monoisotopic (exact) mass is 391 g/mol. The van der Waals surface area contributed by atoms with Crippen LogP contribution in [0, 0.1) is 0 Å². The molecule has 1 aliphatic heterocycles. The van der Waals surface area contributed by atoms with Crippen molar-refractivity contribution in [3.05, 3.63) is 26.6 Å². The minimum absolute atomic E-state index is 0.251. The van der Waals surface area contributed by atoms with Crippen molar-refractivity contribution in [1.29, 1.82) is 0 Å². The average molecular weight is 393 g/mol. The van der Waals surface area contributed by atoms with E-state index in [9.17, 15) is 0 Å². The van der Waals surface area contributed by atoms with Gasteiger partial charge in [0.1, 0.15) is 11.9 Å². The first-order valence-electron chi connectivity index (χ1n) is 6.63. The molecule has 2 rings (SSSR count). The number of nitrogens with one attached hydrogen (secondary N) is 1. The molecule has 1 aromatic rings. The fourth-order valence-electron chi connectivity index (χ4n) is 2.06. The molecular weight excluding hydrogens is 374 g/mol. The summed E-state index contributed by atoms with van der Waals surface area (Å²) in [5, 5.41) is 3.32. The number of rotatable bonds is 5. The van der Waals surface area contributed by atoms with E-state index >= 15 is 0 Å². The molecule has 1 heterocycles. The van der Waals surface area contributed by atoms with Crippen molar-refractivity contribution >= 4 is 31.9 Å². The molecule has 1 aliphatic rings. The number of benzene rings is 1. The second-order valence-corrected chi connectivity index (χ2v) is 6.31. The molecule has 106 valence electrons. The predicted molar refractivity (Wildman–Crippen MR) is 83.7 cm³/mol. The van der Waals surface area contributed by atoms with E-state index in [-0.39, 0.29) is 6.10 Å². The summed E-state index contributed by atoms with van der Waals surface area (Å²) < 4.78 is 13.4. The van der Waals surface area contributed by atoms with Gasteiger partial charge >= 0.3 is 0 Å². The van der Waals surface area contributed by atoms with Gasteiger partial charge in [-0.05, 0) is 56.1 Å². The minimum atomic E-state index is 0.251. The molecule has 0 atom stereocenters. The molecule has 19 heavy (non-hydrogen) atoms. The van der Waals surface area contributed by atoms with Crippen LogP contribution in [0.5, 0.6) is 5.75 Å². The first-order chi connectivity index (χ1) is 9.20. The molecule has 1 N–H and O–H groups in total. The fraction of sp³-hybridized carbons (Fsp3) is 0.571. The number of halogens is 2. The van der Waals surface area contributed by atoms with Crippen LogP contribution in [0.3, 0.4) is 0 Å². The Morgan fingerprint density at radius 1 is 1.26 bits per heavy atom. The lowest BCUT2D eigenvalue weighted by Crippen LogP contribution is -2.26. The second kappa shape index (κ2) is 7.62. The molecule has 1 aromatic carbocycles. The van der Waals surface area contributed by atoms with Gasteiger partial charge in [0.15, 0.2) is 0 Å². The van der Waals surface area contributed by atoms with Gasteiger partial charge in [-0.2, -0.15) is 0 Å². The van der Waals surface area contributed by atoms with Crippen LogP contribution in [0.1, 0.15) is 25.3 Å². The van der Waals surface area contributed by atoms with Crippen molar-refractivity contribution in [1.82, 2.24) is 5.32 Å². The van der Waals surface area contributed by atoms with Gasteiger partial charge in [0, 0.05) is 19.4 Å². The van der Waals surface area contributed by atoms with Gasteiger partial charge in [0.2, 0.25) is 0 Å². The summed E-state index contributed by atoms with van der Waals surface area (Å²) in [5.74, 6) is 0.896. The molecule has 0 aromatic heterocycles. The zero-order valence-corrected chi connectivity index (χ0v) is 14.2. The molecule has 0 aliphatic carbocycles. The van der Waals surface area contributed by atoms with E-state index in [0.717, 1.165) is 53.8 Å². The van der Waals surface area contributed by atoms with Crippen LogP contribution in [-0.4, -0.2) is 25.9 Å². The average Bonchev–Trinajstić information content (AvgIpc) is 2.42. The van der Waals surface area contributed by atoms with Gasteiger partial charge < -0.3 is 14.8 Å². The van der Waals surface area contributed by atoms with Crippen LogP contribution < -0.4 is 10.1 Å². The maximum atomic E-state index is 6.08. The van der Waals surface area contributed by atoms with Crippen molar-refractivity contribution in [3.8, 4) is 5.75 Å². The first-order valence-corrected chi connectivity index (χ1v) is 8.22. The van der Waals surface area contributed by atoms with Gasteiger partial charge in [-0.3, -0.25) is 0 Å². The minimum Gasteiger partial charge on any atom is -0.488 e. The molecule has 0 bridgehead atoms. The Morgan fingerprint density at radius 3 is 2.47 bits per heavy atom. The molecular formula is C14H19Br2NO2. The number of hydrogen-bond acceptors (Lipinski definition) is 3. The smallest absolute Gasteiger partial charge is 0.148 e. The standard InChI is InChI=1S/C14H19Br2NO2/c1-2-17-9-10-7-12(15)14(13(16)8-10)19-11-3-5-18-6-4-11/h7-8,11,17H,2-6,9H2,1H3. The third-order valence-electron chi connectivity index (χ3n) is 3.09. The van der Waals surface area contributed by atoms with Crippen LogP contribution in [0.2, 0.25) is 0 Å². The van der Waals surface area contributed by atoms with Gasteiger partial charge in [0.25, 0.3) is 0 Å². The molecule has 3 nitrogen and oxygen atoms in total. The lowest BCUT2D eigenvalue weighted by atomic mass is 10.1. The highest BCUT2D eigenvalue weighted by atomic mass is 79.9. The van der Waals surface area contributed by atoms with Crippen LogP contribution in [-0.2, 0) is 11.3 Å². The molecule has 0 unspecified atom stereocenters. The van der Waals surface area contributed by atoms with Gasteiger partial charge in [-0.25, -0.2) is 0 Å².